The Morgan fingerprint density at radius 1 is 1.50 bits per heavy atom. The molecule has 0 amide bonds. The van der Waals surface area contributed by atoms with Crippen molar-refractivity contribution in [1.29, 1.82) is 0 Å². The zero-order chi connectivity index (χ0) is 12.5. The van der Waals surface area contributed by atoms with Crippen molar-refractivity contribution in [3.8, 4) is 5.75 Å². The van der Waals surface area contributed by atoms with Crippen LogP contribution in [0.2, 0.25) is 0 Å². The first kappa shape index (κ1) is 11.7. The zero-order valence-corrected chi connectivity index (χ0v) is 11.6. The summed E-state index contributed by atoms with van der Waals surface area (Å²) in [6.45, 7) is 5.09. The van der Waals surface area contributed by atoms with Crippen molar-refractivity contribution in [1.82, 2.24) is 15.0 Å². The van der Waals surface area contributed by atoms with Gasteiger partial charge in [0.15, 0.2) is 0 Å². The molecule has 3 rings (SSSR count). The Balaban J connectivity index is 1.96. The Morgan fingerprint density at radius 2 is 2.33 bits per heavy atom. The highest BCUT2D eigenvalue weighted by molar-refractivity contribution is 9.10. The molecule has 94 valence electrons. The van der Waals surface area contributed by atoms with E-state index in [1.807, 2.05) is 16.8 Å². The highest BCUT2D eigenvalue weighted by atomic mass is 79.9. The second-order valence-electron chi connectivity index (χ2n) is 4.56. The van der Waals surface area contributed by atoms with E-state index >= 15 is 0 Å². The first-order valence-corrected chi connectivity index (χ1v) is 6.84. The van der Waals surface area contributed by atoms with Crippen LogP contribution in [0.25, 0.3) is 11.0 Å². The van der Waals surface area contributed by atoms with E-state index in [4.69, 9.17) is 4.74 Å². The SMILES string of the molecule is C=CCOc1ccc2c(nnn2CC2CC2)c1Br. The summed E-state index contributed by atoms with van der Waals surface area (Å²) in [6.07, 6.45) is 4.34. The van der Waals surface area contributed by atoms with Gasteiger partial charge in [0.25, 0.3) is 0 Å². The van der Waals surface area contributed by atoms with Gasteiger partial charge in [0, 0.05) is 6.54 Å². The average Bonchev–Trinajstić information content (AvgIpc) is 3.09. The number of ether oxygens (including phenoxy) is 1. The molecule has 0 radical (unpaired) electrons. The Kier molecular flexibility index (Phi) is 3.07. The molecule has 0 bridgehead atoms. The molecule has 0 saturated heterocycles. The van der Waals surface area contributed by atoms with Crippen LogP contribution in [0, 0.1) is 5.92 Å². The second kappa shape index (κ2) is 4.72. The van der Waals surface area contributed by atoms with Gasteiger partial charge in [0.05, 0.1) is 9.99 Å². The molecule has 0 unspecified atom stereocenters. The molecule has 2 aromatic rings. The molecular weight excluding hydrogens is 294 g/mol. The van der Waals surface area contributed by atoms with Crippen molar-refractivity contribution in [2.75, 3.05) is 6.61 Å². The minimum atomic E-state index is 0.486. The van der Waals surface area contributed by atoms with Crippen LogP contribution in [0.1, 0.15) is 12.8 Å². The summed E-state index contributed by atoms with van der Waals surface area (Å²) in [5.74, 6) is 1.56. The van der Waals surface area contributed by atoms with Gasteiger partial charge in [-0.1, -0.05) is 17.9 Å². The molecule has 0 spiro atoms. The van der Waals surface area contributed by atoms with Crippen LogP contribution in [-0.4, -0.2) is 21.6 Å². The summed E-state index contributed by atoms with van der Waals surface area (Å²) >= 11 is 3.53. The lowest BCUT2D eigenvalue weighted by molar-refractivity contribution is 0.361. The van der Waals surface area contributed by atoms with Crippen LogP contribution in [0.3, 0.4) is 0 Å². The molecule has 0 N–H and O–H groups in total. The smallest absolute Gasteiger partial charge is 0.136 e. The van der Waals surface area contributed by atoms with Crippen molar-refractivity contribution in [2.45, 2.75) is 19.4 Å². The zero-order valence-electron chi connectivity index (χ0n) is 9.97. The number of rotatable bonds is 5. The van der Waals surface area contributed by atoms with E-state index in [9.17, 15) is 0 Å². The van der Waals surface area contributed by atoms with E-state index in [-0.39, 0.29) is 0 Å². The maximum absolute atomic E-state index is 5.55. The summed E-state index contributed by atoms with van der Waals surface area (Å²) in [7, 11) is 0. The van der Waals surface area contributed by atoms with Gasteiger partial charge in [-0.2, -0.15) is 0 Å². The van der Waals surface area contributed by atoms with Gasteiger partial charge in [-0.3, -0.25) is 0 Å². The maximum Gasteiger partial charge on any atom is 0.136 e. The van der Waals surface area contributed by atoms with E-state index in [1.165, 1.54) is 12.8 Å². The summed E-state index contributed by atoms with van der Waals surface area (Å²) in [5.41, 5.74) is 1.91. The topological polar surface area (TPSA) is 39.9 Å². The van der Waals surface area contributed by atoms with E-state index in [2.05, 4.69) is 32.8 Å². The van der Waals surface area contributed by atoms with Gasteiger partial charge in [0.2, 0.25) is 0 Å². The first-order chi connectivity index (χ1) is 8.79. The Hall–Kier alpha value is -1.36. The Morgan fingerprint density at radius 3 is 3.06 bits per heavy atom. The van der Waals surface area contributed by atoms with Crippen molar-refractivity contribution in [3.63, 3.8) is 0 Å². The molecule has 1 aliphatic rings. The molecule has 1 saturated carbocycles. The normalized spacial score (nSPS) is 14.9. The monoisotopic (exact) mass is 307 g/mol. The van der Waals surface area contributed by atoms with Crippen LogP contribution in [0.5, 0.6) is 5.75 Å². The fourth-order valence-corrected chi connectivity index (χ4v) is 2.46. The van der Waals surface area contributed by atoms with Crippen LogP contribution in [-0.2, 0) is 6.54 Å². The third-order valence-electron chi connectivity index (χ3n) is 3.07. The van der Waals surface area contributed by atoms with Gasteiger partial charge in [-0.25, -0.2) is 4.68 Å². The fraction of sp³-hybridized carbons (Fsp3) is 0.385. The number of hydrogen-bond acceptors (Lipinski definition) is 3. The van der Waals surface area contributed by atoms with Gasteiger partial charge in [0.1, 0.15) is 17.9 Å². The molecule has 0 aliphatic heterocycles. The quantitative estimate of drug-likeness (QED) is 0.797. The summed E-state index contributed by atoms with van der Waals surface area (Å²) in [5, 5.41) is 8.45. The van der Waals surface area contributed by atoms with Crippen molar-refractivity contribution in [3.05, 3.63) is 29.3 Å². The van der Waals surface area contributed by atoms with Crippen LogP contribution < -0.4 is 4.74 Å². The molecule has 5 heteroatoms. The van der Waals surface area contributed by atoms with E-state index in [0.29, 0.717) is 6.61 Å². The number of hydrogen-bond donors (Lipinski definition) is 0. The summed E-state index contributed by atoms with van der Waals surface area (Å²) < 4.78 is 8.40. The first-order valence-electron chi connectivity index (χ1n) is 6.05. The van der Waals surface area contributed by atoms with Crippen LogP contribution >= 0.6 is 15.9 Å². The van der Waals surface area contributed by atoms with Crippen molar-refractivity contribution < 1.29 is 4.74 Å². The molecule has 18 heavy (non-hydrogen) atoms. The lowest BCUT2D eigenvalue weighted by Crippen LogP contribution is -2.01. The van der Waals surface area contributed by atoms with Crippen LogP contribution in [0.4, 0.5) is 0 Å². The molecule has 4 nitrogen and oxygen atoms in total. The molecular formula is C13H14BrN3O. The predicted octanol–water partition coefficient (Wildman–Crippen LogP) is 3.17. The second-order valence-corrected chi connectivity index (χ2v) is 5.35. The number of fused-ring (bicyclic) bond motifs is 1. The minimum absolute atomic E-state index is 0.486. The number of nitrogens with zero attached hydrogens (tertiary/aromatic N) is 3. The summed E-state index contributed by atoms with van der Waals surface area (Å²) in [4.78, 5) is 0. The van der Waals surface area contributed by atoms with E-state index < -0.39 is 0 Å². The third-order valence-corrected chi connectivity index (χ3v) is 3.84. The molecule has 1 aromatic carbocycles. The molecule has 0 atom stereocenters. The van der Waals surface area contributed by atoms with Gasteiger partial charge >= 0.3 is 0 Å². The number of halogens is 1. The van der Waals surface area contributed by atoms with E-state index in [0.717, 1.165) is 33.7 Å². The number of benzene rings is 1. The minimum Gasteiger partial charge on any atom is -0.488 e. The molecule has 1 heterocycles. The summed E-state index contributed by atoms with van der Waals surface area (Å²) in [6, 6.07) is 3.96. The molecule has 1 aromatic heterocycles. The highest BCUT2D eigenvalue weighted by Crippen LogP contribution is 2.34. The van der Waals surface area contributed by atoms with Crippen molar-refractivity contribution >= 4 is 27.0 Å². The van der Waals surface area contributed by atoms with Crippen molar-refractivity contribution in [2.24, 2.45) is 5.92 Å². The lowest BCUT2D eigenvalue weighted by Gasteiger charge is -2.06. The number of aromatic nitrogens is 3. The average molecular weight is 308 g/mol. The van der Waals surface area contributed by atoms with Gasteiger partial charge < -0.3 is 4.74 Å². The third kappa shape index (κ3) is 2.14. The largest absolute Gasteiger partial charge is 0.488 e. The molecule has 1 aliphatic carbocycles. The Labute approximate surface area is 114 Å². The predicted molar refractivity (Wildman–Crippen MR) is 73.6 cm³/mol. The van der Waals surface area contributed by atoms with Gasteiger partial charge in [-0.15, -0.1) is 5.10 Å². The maximum atomic E-state index is 5.55. The Bertz CT molecular complexity index is 589. The highest BCUT2D eigenvalue weighted by Gasteiger charge is 2.23. The van der Waals surface area contributed by atoms with Crippen LogP contribution in [0.15, 0.2) is 29.3 Å². The van der Waals surface area contributed by atoms with E-state index in [1.54, 1.807) is 6.08 Å². The molecule has 1 fully saturated rings. The van der Waals surface area contributed by atoms with Gasteiger partial charge in [-0.05, 0) is 46.8 Å². The fourth-order valence-electron chi connectivity index (χ4n) is 1.93. The lowest BCUT2D eigenvalue weighted by atomic mass is 10.3. The standard InChI is InChI=1S/C13H14BrN3O/c1-2-7-18-11-6-5-10-13(12(11)14)15-16-17(10)8-9-3-4-9/h2,5-6,9H,1,3-4,7-8H2.